The van der Waals surface area contributed by atoms with Gasteiger partial charge in [0, 0.05) is 11.9 Å². The van der Waals surface area contributed by atoms with Gasteiger partial charge in [-0.2, -0.15) is 0 Å². The molecule has 0 saturated carbocycles. The van der Waals surface area contributed by atoms with Gasteiger partial charge in [-0.25, -0.2) is 0 Å². The van der Waals surface area contributed by atoms with Crippen LogP contribution in [0.1, 0.15) is 19.0 Å². The van der Waals surface area contributed by atoms with Crippen LogP contribution in [0.2, 0.25) is 0 Å². The first-order valence-electron chi connectivity index (χ1n) is 4.93. The van der Waals surface area contributed by atoms with Crippen LogP contribution in [-0.2, 0) is 0 Å². The molecular weight excluding hydrogens is 190 g/mol. The summed E-state index contributed by atoms with van der Waals surface area (Å²) in [5.41, 5.74) is 0.829. The van der Waals surface area contributed by atoms with E-state index in [0.717, 1.165) is 17.5 Å². The van der Waals surface area contributed by atoms with Gasteiger partial charge in [-0.05, 0) is 24.6 Å². The van der Waals surface area contributed by atoms with Crippen molar-refractivity contribution in [3.8, 4) is 0 Å². The Kier molecular flexibility index (Phi) is 2.58. The molecule has 2 aromatic heterocycles. The van der Waals surface area contributed by atoms with Crippen molar-refractivity contribution in [2.24, 2.45) is 0 Å². The predicted molar refractivity (Wildman–Crippen MR) is 59.8 cm³/mol. The van der Waals surface area contributed by atoms with E-state index in [2.05, 4.69) is 15.2 Å². The van der Waals surface area contributed by atoms with Gasteiger partial charge in [0.05, 0.1) is 10.6 Å². The molecule has 0 saturated heterocycles. The van der Waals surface area contributed by atoms with Gasteiger partial charge in [0.15, 0.2) is 0 Å². The summed E-state index contributed by atoms with van der Waals surface area (Å²) in [6, 6.07) is 3.82. The van der Waals surface area contributed by atoms with Gasteiger partial charge in [0.2, 0.25) is 0 Å². The molecular formula is C11H13N3O. The average molecular weight is 203 g/mol. The molecule has 4 heteroatoms. The summed E-state index contributed by atoms with van der Waals surface area (Å²) in [5.74, 6) is 0. The van der Waals surface area contributed by atoms with Crippen molar-refractivity contribution in [2.45, 2.75) is 13.3 Å². The summed E-state index contributed by atoms with van der Waals surface area (Å²) in [6.07, 6.45) is 6.53. The number of H-pyrrole nitrogens is 3. The lowest BCUT2D eigenvalue weighted by molar-refractivity contribution is 1.03. The van der Waals surface area contributed by atoms with Gasteiger partial charge >= 0.3 is 0 Å². The van der Waals surface area contributed by atoms with Crippen LogP contribution in [0, 0.1) is 0 Å². The Morgan fingerprint density at radius 1 is 1.40 bits per heavy atom. The molecule has 2 rings (SSSR count). The number of rotatable bonds is 2. The van der Waals surface area contributed by atoms with E-state index in [1.807, 2.05) is 37.4 Å². The van der Waals surface area contributed by atoms with Crippen LogP contribution in [0.5, 0.6) is 0 Å². The number of hydrogen-bond acceptors (Lipinski definition) is 1. The Morgan fingerprint density at radius 2 is 2.27 bits per heavy atom. The maximum Gasteiger partial charge on any atom is 0.271 e. The maximum atomic E-state index is 11.5. The molecule has 2 heterocycles. The van der Waals surface area contributed by atoms with Crippen LogP contribution >= 0.6 is 0 Å². The lowest BCUT2D eigenvalue weighted by atomic mass is 10.3. The second-order valence-electron chi connectivity index (χ2n) is 3.29. The van der Waals surface area contributed by atoms with Crippen molar-refractivity contribution in [2.75, 3.05) is 0 Å². The predicted octanol–water partition coefficient (Wildman–Crippen LogP) is 0.0504. The lowest BCUT2D eigenvalue weighted by Crippen LogP contribution is -2.33. The molecule has 0 amide bonds. The maximum absolute atomic E-state index is 11.5. The zero-order valence-electron chi connectivity index (χ0n) is 8.50. The Hall–Kier alpha value is -1.97. The van der Waals surface area contributed by atoms with Gasteiger partial charge in [0.1, 0.15) is 0 Å². The zero-order valence-corrected chi connectivity index (χ0v) is 8.50. The third-order valence-corrected chi connectivity index (χ3v) is 2.18. The fourth-order valence-corrected chi connectivity index (χ4v) is 1.48. The summed E-state index contributed by atoms with van der Waals surface area (Å²) < 4.78 is 0. The molecule has 3 N–H and O–H groups in total. The molecule has 0 atom stereocenters. The molecule has 2 aromatic rings. The Bertz CT molecular complexity index is 587. The minimum absolute atomic E-state index is 0.0932. The highest BCUT2D eigenvalue weighted by molar-refractivity contribution is 5.45. The standard InChI is InChI=1S/C11H13N3O/c1-2-4-10-9(11(15)14-13-10)7-8-5-3-6-12-8/h3-7,12-13H,2H2,1H3,(H,14,15). The summed E-state index contributed by atoms with van der Waals surface area (Å²) in [6.45, 7) is 2.03. The second-order valence-corrected chi connectivity index (χ2v) is 3.29. The largest absolute Gasteiger partial charge is 0.362 e. The van der Waals surface area contributed by atoms with Gasteiger partial charge < -0.3 is 4.98 Å². The van der Waals surface area contributed by atoms with E-state index in [1.165, 1.54) is 0 Å². The van der Waals surface area contributed by atoms with Crippen molar-refractivity contribution in [3.63, 3.8) is 0 Å². The van der Waals surface area contributed by atoms with E-state index in [9.17, 15) is 4.79 Å². The van der Waals surface area contributed by atoms with Crippen molar-refractivity contribution >= 4 is 12.2 Å². The third-order valence-electron chi connectivity index (χ3n) is 2.18. The molecule has 0 aromatic carbocycles. The molecule has 0 fully saturated rings. The van der Waals surface area contributed by atoms with Crippen molar-refractivity contribution in [1.82, 2.24) is 15.2 Å². The molecule has 0 aliphatic heterocycles. The first-order chi connectivity index (χ1) is 7.31. The highest BCUT2D eigenvalue weighted by Gasteiger charge is 1.94. The van der Waals surface area contributed by atoms with Crippen LogP contribution in [0.3, 0.4) is 0 Å². The molecule has 78 valence electrons. The Balaban J connectivity index is 2.67. The molecule has 0 aliphatic carbocycles. The topological polar surface area (TPSA) is 64.4 Å². The lowest BCUT2D eigenvalue weighted by Gasteiger charge is -1.82. The molecule has 15 heavy (non-hydrogen) atoms. The first kappa shape index (κ1) is 9.58. The average Bonchev–Trinajstić information content (AvgIpc) is 2.83. The second kappa shape index (κ2) is 4.04. The monoisotopic (exact) mass is 203 g/mol. The van der Waals surface area contributed by atoms with E-state index in [-0.39, 0.29) is 5.56 Å². The van der Waals surface area contributed by atoms with Crippen LogP contribution in [0.4, 0.5) is 0 Å². The summed E-state index contributed by atoms with van der Waals surface area (Å²) >= 11 is 0. The van der Waals surface area contributed by atoms with E-state index in [4.69, 9.17) is 0 Å². The fourth-order valence-electron chi connectivity index (χ4n) is 1.48. The van der Waals surface area contributed by atoms with Crippen molar-refractivity contribution < 1.29 is 0 Å². The zero-order chi connectivity index (χ0) is 10.7. The molecule has 0 spiro atoms. The fraction of sp³-hybridized carbons (Fsp3) is 0.182. The summed E-state index contributed by atoms with van der Waals surface area (Å²) in [7, 11) is 0. The van der Waals surface area contributed by atoms with Crippen LogP contribution in [0.25, 0.3) is 12.2 Å². The van der Waals surface area contributed by atoms with Crippen LogP contribution in [0.15, 0.2) is 23.1 Å². The Morgan fingerprint density at radius 3 is 2.93 bits per heavy atom. The molecule has 0 bridgehead atoms. The smallest absolute Gasteiger partial charge is 0.271 e. The van der Waals surface area contributed by atoms with E-state index >= 15 is 0 Å². The van der Waals surface area contributed by atoms with Gasteiger partial charge in [-0.3, -0.25) is 15.0 Å². The molecule has 0 unspecified atom stereocenters. The van der Waals surface area contributed by atoms with Gasteiger partial charge in [0.25, 0.3) is 5.56 Å². The molecule has 0 aliphatic rings. The Labute approximate surface area is 86.3 Å². The quantitative estimate of drug-likeness (QED) is 0.634. The van der Waals surface area contributed by atoms with Gasteiger partial charge in [-0.1, -0.05) is 13.0 Å². The van der Waals surface area contributed by atoms with E-state index in [1.54, 1.807) is 0 Å². The number of aromatic amines is 3. The molecule has 0 radical (unpaired) electrons. The van der Waals surface area contributed by atoms with E-state index < -0.39 is 0 Å². The number of nitrogens with one attached hydrogen (secondary N) is 3. The van der Waals surface area contributed by atoms with Crippen molar-refractivity contribution in [3.05, 3.63) is 44.9 Å². The van der Waals surface area contributed by atoms with E-state index in [0.29, 0.717) is 5.22 Å². The SMILES string of the molecule is CCC=c1[nH][nH]c(=O)c1=Cc1ccc[nH]1. The minimum Gasteiger partial charge on any atom is -0.362 e. The summed E-state index contributed by atoms with van der Waals surface area (Å²) in [5, 5.41) is 6.94. The third kappa shape index (κ3) is 1.93. The van der Waals surface area contributed by atoms with Crippen LogP contribution in [-0.4, -0.2) is 15.2 Å². The van der Waals surface area contributed by atoms with Gasteiger partial charge in [-0.15, -0.1) is 0 Å². The minimum atomic E-state index is -0.0932. The highest BCUT2D eigenvalue weighted by atomic mass is 16.1. The van der Waals surface area contributed by atoms with Crippen LogP contribution < -0.4 is 16.1 Å². The number of aromatic nitrogens is 3. The first-order valence-corrected chi connectivity index (χ1v) is 4.93. The summed E-state index contributed by atoms with van der Waals surface area (Å²) in [4.78, 5) is 14.5. The molecule has 4 nitrogen and oxygen atoms in total. The van der Waals surface area contributed by atoms with Crippen molar-refractivity contribution in [1.29, 1.82) is 0 Å². The highest BCUT2D eigenvalue weighted by Crippen LogP contribution is 1.92. The normalized spacial score (nSPS) is 13.7. The number of hydrogen-bond donors (Lipinski definition) is 3.